The number of aromatic nitrogens is 1. The molecule has 2 heteroatoms. The number of benzene rings is 2. The molecule has 106 valence electrons. The predicted octanol–water partition coefficient (Wildman–Crippen LogP) is 4.30. The summed E-state index contributed by atoms with van der Waals surface area (Å²) >= 11 is 0. The summed E-state index contributed by atoms with van der Waals surface area (Å²) in [5.74, 6) is 0.638. The first-order valence-electron chi connectivity index (χ1n) is 7.79. The predicted molar refractivity (Wildman–Crippen MR) is 88.6 cm³/mol. The molecule has 2 aromatic carbocycles. The van der Waals surface area contributed by atoms with E-state index >= 15 is 0 Å². The number of nitrogens with one attached hydrogen (secondary N) is 2. The fourth-order valence-electron chi connectivity index (χ4n) is 3.41. The minimum atomic E-state index is 0.638. The summed E-state index contributed by atoms with van der Waals surface area (Å²) in [7, 11) is 0. The van der Waals surface area contributed by atoms with E-state index in [1.54, 1.807) is 0 Å². The lowest BCUT2D eigenvalue weighted by Gasteiger charge is -2.22. The number of aromatic amines is 1. The first-order valence-corrected chi connectivity index (χ1v) is 7.79. The Morgan fingerprint density at radius 3 is 2.67 bits per heavy atom. The van der Waals surface area contributed by atoms with Crippen LogP contribution in [-0.2, 0) is 0 Å². The van der Waals surface area contributed by atoms with E-state index < -0.39 is 0 Å². The molecule has 2 nitrogen and oxygen atoms in total. The molecule has 21 heavy (non-hydrogen) atoms. The zero-order chi connectivity index (χ0) is 14.1. The molecule has 2 N–H and O–H groups in total. The van der Waals surface area contributed by atoms with Crippen LogP contribution in [0.25, 0.3) is 22.0 Å². The lowest BCUT2D eigenvalue weighted by Crippen LogP contribution is -2.28. The molecule has 1 saturated heterocycles. The number of rotatable bonds is 2. The average molecular weight is 276 g/mol. The largest absolute Gasteiger partial charge is 0.361 e. The summed E-state index contributed by atoms with van der Waals surface area (Å²) in [6.45, 7) is 2.26. The molecule has 0 radical (unpaired) electrons. The van der Waals surface area contributed by atoms with Gasteiger partial charge in [-0.2, -0.15) is 0 Å². The molecule has 0 spiro atoms. The van der Waals surface area contributed by atoms with Crippen molar-refractivity contribution in [1.82, 2.24) is 10.3 Å². The van der Waals surface area contributed by atoms with Gasteiger partial charge in [-0.15, -0.1) is 0 Å². The molecule has 3 aromatic rings. The summed E-state index contributed by atoms with van der Waals surface area (Å²) in [5.41, 5.74) is 5.30. The number of H-pyrrole nitrogens is 1. The third-order valence-corrected chi connectivity index (χ3v) is 4.56. The highest BCUT2D eigenvalue weighted by molar-refractivity contribution is 5.88. The summed E-state index contributed by atoms with van der Waals surface area (Å²) < 4.78 is 0. The van der Waals surface area contributed by atoms with Gasteiger partial charge in [0.25, 0.3) is 0 Å². The third kappa shape index (κ3) is 2.36. The van der Waals surface area contributed by atoms with Crippen LogP contribution in [0, 0.1) is 0 Å². The standard InChI is InChI=1S/C19H20N2/c1-2-5-14(6-3-1)15-8-9-19-17(11-15)18(13-21-19)16-7-4-10-20-12-16/h1-3,5-6,8-9,11,13,16,20-21H,4,7,10,12H2. The Hall–Kier alpha value is -2.06. The molecule has 0 amide bonds. The molecular weight excluding hydrogens is 256 g/mol. The summed E-state index contributed by atoms with van der Waals surface area (Å²) in [4.78, 5) is 3.44. The topological polar surface area (TPSA) is 27.8 Å². The fraction of sp³-hybridized carbons (Fsp3) is 0.263. The van der Waals surface area contributed by atoms with Gasteiger partial charge in [0.15, 0.2) is 0 Å². The van der Waals surface area contributed by atoms with E-state index in [0.717, 1.165) is 13.1 Å². The van der Waals surface area contributed by atoms with E-state index in [-0.39, 0.29) is 0 Å². The van der Waals surface area contributed by atoms with Crippen molar-refractivity contribution in [2.45, 2.75) is 18.8 Å². The summed E-state index contributed by atoms with van der Waals surface area (Å²) in [6, 6.07) is 17.4. The highest BCUT2D eigenvalue weighted by Gasteiger charge is 2.18. The van der Waals surface area contributed by atoms with Gasteiger partial charge >= 0.3 is 0 Å². The van der Waals surface area contributed by atoms with Gasteiger partial charge in [-0.1, -0.05) is 36.4 Å². The molecule has 0 bridgehead atoms. The van der Waals surface area contributed by atoms with Gasteiger partial charge in [-0.25, -0.2) is 0 Å². The van der Waals surface area contributed by atoms with Crippen molar-refractivity contribution in [3.8, 4) is 11.1 Å². The van der Waals surface area contributed by atoms with Crippen molar-refractivity contribution in [2.24, 2.45) is 0 Å². The molecule has 1 fully saturated rings. The quantitative estimate of drug-likeness (QED) is 0.717. The maximum absolute atomic E-state index is 3.52. The number of fused-ring (bicyclic) bond motifs is 1. The van der Waals surface area contributed by atoms with Gasteiger partial charge in [0.2, 0.25) is 0 Å². The Balaban J connectivity index is 1.79. The molecule has 1 aliphatic rings. The smallest absolute Gasteiger partial charge is 0.0457 e. The molecule has 1 aliphatic heterocycles. The molecule has 1 aromatic heterocycles. The van der Waals surface area contributed by atoms with Crippen LogP contribution >= 0.6 is 0 Å². The number of hydrogen-bond acceptors (Lipinski definition) is 1. The molecule has 0 aliphatic carbocycles. The van der Waals surface area contributed by atoms with Gasteiger partial charge in [-0.05, 0) is 54.1 Å². The maximum atomic E-state index is 3.52. The molecule has 4 rings (SSSR count). The van der Waals surface area contributed by atoms with Crippen LogP contribution in [0.3, 0.4) is 0 Å². The summed E-state index contributed by atoms with van der Waals surface area (Å²) in [6.07, 6.45) is 4.77. The Bertz CT molecular complexity index is 737. The van der Waals surface area contributed by atoms with Crippen molar-refractivity contribution in [3.05, 3.63) is 60.3 Å². The lowest BCUT2D eigenvalue weighted by molar-refractivity contribution is 0.463. The second kappa shape index (κ2) is 5.38. The Morgan fingerprint density at radius 1 is 0.952 bits per heavy atom. The van der Waals surface area contributed by atoms with Crippen molar-refractivity contribution in [2.75, 3.05) is 13.1 Å². The van der Waals surface area contributed by atoms with Gasteiger partial charge in [0.05, 0.1) is 0 Å². The second-order valence-electron chi connectivity index (χ2n) is 5.91. The first kappa shape index (κ1) is 12.7. The van der Waals surface area contributed by atoms with Gasteiger partial charge in [-0.3, -0.25) is 0 Å². The van der Waals surface area contributed by atoms with Gasteiger partial charge < -0.3 is 10.3 Å². The number of piperidine rings is 1. The van der Waals surface area contributed by atoms with E-state index in [2.05, 4.69) is 65.0 Å². The maximum Gasteiger partial charge on any atom is 0.0457 e. The van der Waals surface area contributed by atoms with Crippen LogP contribution in [-0.4, -0.2) is 18.1 Å². The highest BCUT2D eigenvalue weighted by atomic mass is 14.9. The first-order chi connectivity index (χ1) is 10.4. The van der Waals surface area contributed by atoms with Crippen molar-refractivity contribution in [1.29, 1.82) is 0 Å². The lowest BCUT2D eigenvalue weighted by atomic mass is 9.90. The van der Waals surface area contributed by atoms with E-state index in [9.17, 15) is 0 Å². The van der Waals surface area contributed by atoms with Crippen LogP contribution in [0.1, 0.15) is 24.3 Å². The molecule has 0 saturated carbocycles. The Kier molecular flexibility index (Phi) is 3.24. The molecule has 2 heterocycles. The molecule has 1 unspecified atom stereocenters. The third-order valence-electron chi connectivity index (χ3n) is 4.56. The van der Waals surface area contributed by atoms with Crippen LogP contribution in [0.5, 0.6) is 0 Å². The van der Waals surface area contributed by atoms with E-state index in [0.29, 0.717) is 5.92 Å². The van der Waals surface area contributed by atoms with Gasteiger partial charge in [0, 0.05) is 23.6 Å². The minimum absolute atomic E-state index is 0.638. The summed E-state index contributed by atoms with van der Waals surface area (Å²) in [5, 5.41) is 4.90. The minimum Gasteiger partial charge on any atom is -0.361 e. The zero-order valence-electron chi connectivity index (χ0n) is 12.1. The van der Waals surface area contributed by atoms with Crippen molar-refractivity contribution in [3.63, 3.8) is 0 Å². The highest BCUT2D eigenvalue weighted by Crippen LogP contribution is 2.32. The van der Waals surface area contributed by atoms with E-state index in [1.165, 1.54) is 40.4 Å². The Morgan fingerprint density at radius 2 is 1.86 bits per heavy atom. The van der Waals surface area contributed by atoms with Crippen LogP contribution in [0.4, 0.5) is 0 Å². The monoisotopic (exact) mass is 276 g/mol. The Labute approximate surface area is 125 Å². The van der Waals surface area contributed by atoms with Crippen molar-refractivity contribution < 1.29 is 0 Å². The van der Waals surface area contributed by atoms with E-state index in [1.807, 2.05) is 0 Å². The average Bonchev–Trinajstić information content (AvgIpc) is 2.99. The normalized spacial score (nSPS) is 19.0. The number of hydrogen-bond donors (Lipinski definition) is 2. The fourth-order valence-corrected chi connectivity index (χ4v) is 3.41. The molecule has 1 atom stereocenters. The second-order valence-corrected chi connectivity index (χ2v) is 5.91. The van der Waals surface area contributed by atoms with Crippen LogP contribution < -0.4 is 5.32 Å². The van der Waals surface area contributed by atoms with Gasteiger partial charge in [0.1, 0.15) is 0 Å². The van der Waals surface area contributed by atoms with E-state index in [4.69, 9.17) is 0 Å². The van der Waals surface area contributed by atoms with Crippen LogP contribution in [0.2, 0.25) is 0 Å². The zero-order valence-corrected chi connectivity index (χ0v) is 12.1. The van der Waals surface area contributed by atoms with Crippen molar-refractivity contribution >= 4 is 10.9 Å². The SMILES string of the molecule is c1ccc(-c2ccc3[nH]cc(C4CCCNC4)c3c2)cc1. The molecular formula is C19H20N2. The van der Waals surface area contributed by atoms with Crippen LogP contribution in [0.15, 0.2) is 54.7 Å².